The number of hydrogen-bond acceptors (Lipinski definition) is 4. The van der Waals surface area contributed by atoms with Gasteiger partial charge in [-0.05, 0) is 36.8 Å². The van der Waals surface area contributed by atoms with Gasteiger partial charge in [-0.1, -0.05) is 18.5 Å². The SMILES string of the molecule is CCCNC(=O)c1cc(C(=O)Nc2cc(Cl)ccc2OC)ccn1. The van der Waals surface area contributed by atoms with Crippen molar-refractivity contribution < 1.29 is 14.3 Å². The van der Waals surface area contributed by atoms with Gasteiger partial charge in [0, 0.05) is 23.3 Å². The van der Waals surface area contributed by atoms with Crippen molar-refractivity contribution in [2.75, 3.05) is 19.0 Å². The van der Waals surface area contributed by atoms with Gasteiger partial charge in [0.05, 0.1) is 12.8 Å². The van der Waals surface area contributed by atoms with E-state index >= 15 is 0 Å². The van der Waals surface area contributed by atoms with Crippen LogP contribution >= 0.6 is 11.6 Å². The Kier molecular flexibility index (Phi) is 6.14. The number of methoxy groups -OCH3 is 1. The quantitative estimate of drug-likeness (QED) is 0.841. The van der Waals surface area contributed by atoms with Crippen molar-refractivity contribution in [2.24, 2.45) is 0 Å². The smallest absolute Gasteiger partial charge is 0.269 e. The molecule has 0 aliphatic heterocycles. The zero-order valence-corrected chi connectivity index (χ0v) is 14.2. The summed E-state index contributed by atoms with van der Waals surface area (Å²) in [6, 6.07) is 7.89. The Morgan fingerprint density at radius 1 is 1.21 bits per heavy atom. The second-order valence-electron chi connectivity index (χ2n) is 4.98. The normalized spacial score (nSPS) is 10.1. The van der Waals surface area contributed by atoms with Gasteiger partial charge in [-0.3, -0.25) is 14.6 Å². The highest BCUT2D eigenvalue weighted by Crippen LogP contribution is 2.28. The summed E-state index contributed by atoms with van der Waals surface area (Å²) in [6.07, 6.45) is 2.24. The number of nitrogens with zero attached hydrogens (tertiary/aromatic N) is 1. The lowest BCUT2D eigenvalue weighted by Crippen LogP contribution is -2.25. The molecule has 0 radical (unpaired) electrons. The molecule has 24 heavy (non-hydrogen) atoms. The van der Waals surface area contributed by atoms with Gasteiger partial charge in [-0.25, -0.2) is 0 Å². The van der Waals surface area contributed by atoms with Crippen molar-refractivity contribution in [2.45, 2.75) is 13.3 Å². The minimum Gasteiger partial charge on any atom is -0.495 e. The van der Waals surface area contributed by atoms with Gasteiger partial charge >= 0.3 is 0 Å². The monoisotopic (exact) mass is 347 g/mol. The maximum Gasteiger partial charge on any atom is 0.269 e. The standard InChI is InChI=1S/C17H18ClN3O3/c1-3-7-20-17(23)14-9-11(6-8-19-14)16(22)21-13-10-12(18)4-5-15(13)24-2/h4-6,8-10H,3,7H2,1-2H3,(H,20,23)(H,21,22). The Morgan fingerprint density at radius 3 is 2.71 bits per heavy atom. The van der Waals surface area contributed by atoms with Crippen LogP contribution in [0.15, 0.2) is 36.5 Å². The molecule has 2 N–H and O–H groups in total. The van der Waals surface area contributed by atoms with E-state index in [0.29, 0.717) is 28.6 Å². The molecule has 0 aliphatic rings. The topological polar surface area (TPSA) is 80.3 Å². The van der Waals surface area contributed by atoms with Crippen LogP contribution in [0.2, 0.25) is 5.02 Å². The lowest BCUT2D eigenvalue weighted by molar-refractivity contribution is 0.0948. The second-order valence-corrected chi connectivity index (χ2v) is 5.42. The van der Waals surface area contributed by atoms with Crippen LogP contribution in [-0.2, 0) is 0 Å². The van der Waals surface area contributed by atoms with E-state index in [1.807, 2.05) is 6.92 Å². The van der Waals surface area contributed by atoms with Crippen molar-refractivity contribution in [1.82, 2.24) is 10.3 Å². The average Bonchev–Trinajstić information content (AvgIpc) is 2.60. The summed E-state index contributed by atoms with van der Waals surface area (Å²) in [5.74, 6) is -0.211. The van der Waals surface area contributed by atoms with E-state index in [1.165, 1.54) is 25.4 Å². The van der Waals surface area contributed by atoms with Crippen LogP contribution in [0.4, 0.5) is 5.69 Å². The van der Waals surface area contributed by atoms with Gasteiger partial charge in [0.25, 0.3) is 11.8 Å². The molecule has 0 unspecified atom stereocenters. The van der Waals surface area contributed by atoms with Crippen LogP contribution in [0.5, 0.6) is 5.75 Å². The molecule has 0 saturated heterocycles. The van der Waals surface area contributed by atoms with Gasteiger partial charge in [0.15, 0.2) is 0 Å². The van der Waals surface area contributed by atoms with Crippen molar-refractivity contribution in [3.8, 4) is 5.75 Å². The summed E-state index contributed by atoms with van der Waals surface area (Å²) >= 11 is 5.95. The number of amides is 2. The molecule has 0 aliphatic carbocycles. The van der Waals surface area contributed by atoms with Crippen LogP contribution in [0, 0.1) is 0 Å². The number of rotatable bonds is 6. The average molecular weight is 348 g/mol. The molecule has 0 spiro atoms. The first-order chi connectivity index (χ1) is 11.5. The van der Waals surface area contributed by atoms with Crippen LogP contribution in [0.25, 0.3) is 0 Å². The van der Waals surface area contributed by atoms with E-state index in [-0.39, 0.29) is 17.5 Å². The summed E-state index contributed by atoms with van der Waals surface area (Å²) in [7, 11) is 1.50. The number of nitrogens with one attached hydrogen (secondary N) is 2. The van der Waals surface area contributed by atoms with Crippen LogP contribution < -0.4 is 15.4 Å². The highest BCUT2D eigenvalue weighted by Gasteiger charge is 2.13. The third-order valence-corrected chi connectivity index (χ3v) is 3.44. The fourth-order valence-electron chi connectivity index (χ4n) is 2.00. The summed E-state index contributed by atoms with van der Waals surface area (Å²) in [6.45, 7) is 2.51. The summed E-state index contributed by atoms with van der Waals surface area (Å²) in [5, 5.41) is 5.91. The molecular formula is C17H18ClN3O3. The first-order valence-electron chi connectivity index (χ1n) is 7.44. The van der Waals surface area contributed by atoms with Crippen molar-refractivity contribution in [3.05, 3.63) is 52.8 Å². The van der Waals surface area contributed by atoms with Crippen LogP contribution in [0.1, 0.15) is 34.2 Å². The molecule has 126 valence electrons. The lowest BCUT2D eigenvalue weighted by Gasteiger charge is -2.11. The number of anilines is 1. The third kappa shape index (κ3) is 4.45. The molecule has 1 aromatic carbocycles. The summed E-state index contributed by atoms with van der Waals surface area (Å²) < 4.78 is 5.19. The minimum atomic E-state index is -0.387. The Bertz CT molecular complexity index is 750. The number of halogens is 1. The lowest BCUT2D eigenvalue weighted by atomic mass is 10.2. The van der Waals surface area contributed by atoms with Gasteiger partial charge in [-0.15, -0.1) is 0 Å². The second kappa shape index (κ2) is 8.31. The largest absolute Gasteiger partial charge is 0.495 e. The van der Waals surface area contributed by atoms with Crippen LogP contribution in [0.3, 0.4) is 0 Å². The van der Waals surface area contributed by atoms with Crippen molar-refractivity contribution >= 4 is 29.1 Å². The maximum atomic E-state index is 12.4. The molecular weight excluding hydrogens is 330 g/mol. The number of benzene rings is 1. The fraction of sp³-hybridized carbons (Fsp3) is 0.235. The number of hydrogen-bond donors (Lipinski definition) is 2. The Labute approximate surface area is 145 Å². The zero-order valence-electron chi connectivity index (χ0n) is 13.4. The van der Waals surface area contributed by atoms with E-state index in [0.717, 1.165) is 6.42 Å². The third-order valence-electron chi connectivity index (χ3n) is 3.20. The predicted octanol–water partition coefficient (Wildman–Crippen LogP) is 3.14. The van der Waals surface area contributed by atoms with E-state index in [9.17, 15) is 9.59 Å². The van der Waals surface area contributed by atoms with Crippen molar-refractivity contribution in [1.29, 1.82) is 0 Å². The maximum absolute atomic E-state index is 12.4. The highest BCUT2D eigenvalue weighted by molar-refractivity contribution is 6.31. The Hall–Kier alpha value is -2.60. The fourth-order valence-corrected chi connectivity index (χ4v) is 2.17. The van der Waals surface area contributed by atoms with E-state index in [2.05, 4.69) is 15.6 Å². The molecule has 6 nitrogen and oxygen atoms in total. The Balaban J connectivity index is 2.19. The van der Waals surface area contributed by atoms with Gasteiger partial charge < -0.3 is 15.4 Å². The molecule has 0 fully saturated rings. The molecule has 0 atom stereocenters. The predicted molar refractivity (Wildman–Crippen MR) is 92.8 cm³/mol. The minimum absolute atomic E-state index is 0.189. The first kappa shape index (κ1) is 17.7. The van der Waals surface area contributed by atoms with E-state index in [4.69, 9.17) is 16.3 Å². The summed E-state index contributed by atoms with van der Waals surface area (Å²) in [4.78, 5) is 28.3. The first-order valence-corrected chi connectivity index (χ1v) is 7.82. The molecule has 1 aromatic heterocycles. The number of aromatic nitrogens is 1. The highest BCUT2D eigenvalue weighted by atomic mass is 35.5. The van der Waals surface area contributed by atoms with E-state index in [1.54, 1.807) is 18.2 Å². The molecule has 0 saturated carbocycles. The zero-order chi connectivity index (χ0) is 17.5. The number of carbonyl (C=O) groups is 2. The van der Waals surface area contributed by atoms with Crippen molar-refractivity contribution in [3.63, 3.8) is 0 Å². The van der Waals surface area contributed by atoms with E-state index < -0.39 is 0 Å². The number of carbonyl (C=O) groups excluding carboxylic acids is 2. The molecule has 2 amide bonds. The molecule has 7 heteroatoms. The molecule has 2 aromatic rings. The summed E-state index contributed by atoms with van der Waals surface area (Å²) in [5.41, 5.74) is 0.951. The van der Waals surface area contributed by atoms with Gasteiger partial charge in [-0.2, -0.15) is 0 Å². The molecule has 0 bridgehead atoms. The Morgan fingerprint density at radius 2 is 2.00 bits per heavy atom. The number of pyridine rings is 1. The van der Waals surface area contributed by atoms with Crippen LogP contribution in [-0.4, -0.2) is 30.5 Å². The van der Waals surface area contributed by atoms with Gasteiger partial charge in [0.1, 0.15) is 11.4 Å². The molecule has 1 heterocycles. The van der Waals surface area contributed by atoms with Gasteiger partial charge in [0.2, 0.25) is 0 Å². The molecule has 2 rings (SSSR count). The number of ether oxygens (including phenoxy) is 1.